The zero-order valence-electron chi connectivity index (χ0n) is 18.4. The van der Waals surface area contributed by atoms with Crippen LogP contribution in [0.3, 0.4) is 0 Å². The molecule has 0 aliphatic rings. The van der Waals surface area contributed by atoms with E-state index < -0.39 is 29.1 Å². The van der Waals surface area contributed by atoms with Crippen molar-refractivity contribution in [2.75, 3.05) is 5.32 Å². The highest BCUT2D eigenvalue weighted by Gasteiger charge is 2.40. The largest absolute Gasteiger partial charge is 0.416 e. The molecule has 0 aliphatic carbocycles. The normalized spacial score (nSPS) is 13.0. The third-order valence-electron chi connectivity index (χ3n) is 5.51. The number of amides is 2. The van der Waals surface area contributed by atoms with Crippen molar-refractivity contribution < 1.29 is 22.4 Å². The molecule has 4 rings (SSSR count). The van der Waals surface area contributed by atoms with Crippen molar-refractivity contribution in [2.24, 2.45) is 0 Å². The molecule has 178 valence electrons. The van der Waals surface area contributed by atoms with Gasteiger partial charge in [0.2, 0.25) is 0 Å². The Morgan fingerprint density at radius 1 is 0.800 bits per heavy atom. The number of nitrogens with one attached hydrogen (secondary N) is 2. The topological polar surface area (TPSA) is 54.0 Å². The number of hydrogen-bond acceptors (Lipinski definition) is 2. The number of aromatic nitrogens is 1. The van der Waals surface area contributed by atoms with E-state index in [9.17, 15) is 22.4 Å². The van der Waals surface area contributed by atoms with Gasteiger partial charge in [-0.3, -0.25) is 4.98 Å². The smallest absolute Gasteiger partial charge is 0.322 e. The molecule has 1 heterocycles. The van der Waals surface area contributed by atoms with E-state index in [-0.39, 0.29) is 17.7 Å². The third kappa shape index (κ3) is 5.66. The van der Waals surface area contributed by atoms with Crippen LogP contribution >= 0.6 is 0 Å². The number of anilines is 1. The number of halogens is 4. The molecular formula is C27H21F4N3O. The SMILES string of the molecule is O=C(Nc1cccc(F)c1)NC(Cc1ccccc1)(c1cccc(C(F)(F)F)c1)c1ccccn1. The molecule has 4 aromatic rings. The second kappa shape index (κ2) is 9.97. The number of carbonyl (C=O) groups is 1. The van der Waals surface area contributed by atoms with Crippen molar-refractivity contribution in [1.82, 2.24) is 10.3 Å². The highest BCUT2D eigenvalue weighted by molar-refractivity contribution is 5.90. The van der Waals surface area contributed by atoms with Crippen LogP contribution in [-0.2, 0) is 18.1 Å². The lowest BCUT2D eigenvalue weighted by atomic mass is 9.80. The average molecular weight is 479 g/mol. The standard InChI is InChI=1S/C27H21F4N3O/c28-22-12-7-13-23(17-22)33-25(35)34-26(24-14-4-5-15-32-24,18-19-8-2-1-3-9-19)20-10-6-11-21(16-20)27(29,30)31/h1-17H,18H2,(H2,33,34,35). The van der Waals surface area contributed by atoms with Crippen molar-refractivity contribution >= 4 is 11.7 Å². The Hall–Kier alpha value is -4.20. The highest BCUT2D eigenvalue weighted by atomic mass is 19.4. The molecule has 1 atom stereocenters. The van der Waals surface area contributed by atoms with E-state index in [1.807, 2.05) is 18.2 Å². The lowest BCUT2D eigenvalue weighted by molar-refractivity contribution is -0.137. The van der Waals surface area contributed by atoms with Gasteiger partial charge in [0.25, 0.3) is 0 Å². The van der Waals surface area contributed by atoms with Gasteiger partial charge in [-0.2, -0.15) is 13.2 Å². The van der Waals surface area contributed by atoms with E-state index in [1.165, 1.54) is 36.5 Å². The van der Waals surface area contributed by atoms with E-state index in [0.29, 0.717) is 5.69 Å². The van der Waals surface area contributed by atoms with Gasteiger partial charge in [-0.15, -0.1) is 0 Å². The lowest BCUT2D eigenvalue weighted by Gasteiger charge is -2.35. The van der Waals surface area contributed by atoms with Gasteiger partial charge in [-0.1, -0.05) is 54.6 Å². The van der Waals surface area contributed by atoms with Crippen LogP contribution < -0.4 is 10.6 Å². The molecule has 4 nitrogen and oxygen atoms in total. The first kappa shape index (κ1) is 23.9. The summed E-state index contributed by atoms with van der Waals surface area (Å²) in [6.45, 7) is 0. The van der Waals surface area contributed by atoms with Gasteiger partial charge in [0.1, 0.15) is 11.4 Å². The maximum atomic E-state index is 13.6. The Morgan fingerprint density at radius 2 is 1.51 bits per heavy atom. The van der Waals surface area contributed by atoms with Gasteiger partial charge >= 0.3 is 12.2 Å². The van der Waals surface area contributed by atoms with Gasteiger partial charge in [0.15, 0.2) is 0 Å². The van der Waals surface area contributed by atoms with Crippen molar-refractivity contribution in [3.63, 3.8) is 0 Å². The van der Waals surface area contributed by atoms with Crippen molar-refractivity contribution in [3.05, 3.63) is 131 Å². The van der Waals surface area contributed by atoms with Crippen LogP contribution in [0.1, 0.15) is 22.4 Å². The Bertz CT molecular complexity index is 1300. The predicted molar refractivity (Wildman–Crippen MR) is 125 cm³/mol. The number of nitrogens with zero attached hydrogens (tertiary/aromatic N) is 1. The summed E-state index contributed by atoms with van der Waals surface area (Å²) in [4.78, 5) is 17.6. The first-order chi connectivity index (χ1) is 16.8. The quantitative estimate of drug-likeness (QED) is 0.308. The summed E-state index contributed by atoms with van der Waals surface area (Å²) in [5.41, 5.74) is -0.818. The molecule has 8 heteroatoms. The minimum Gasteiger partial charge on any atom is -0.322 e. The second-order valence-corrected chi connectivity index (χ2v) is 7.95. The van der Waals surface area contributed by atoms with Gasteiger partial charge in [0, 0.05) is 18.3 Å². The molecule has 35 heavy (non-hydrogen) atoms. The fourth-order valence-corrected chi connectivity index (χ4v) is 3.92. The molecule has 1 aromatic heterocycles. The van der Waals surface area contributed by atoms with Crippen LogP contribution in [0, 0.1) is 5.82 Å². The molecule has 3 aromatic carbocycles. The van der Waals surface area contributed by atoms with Gasteiger partial charge in [0.05, 0.1) is 11.3 Å². The Kier molecular flexibility index (Phi) is 6.82. The maximum Gasteiger partial charge on any atom is 0.416 e. The van der Waals surface area contributed by atoms with E-state index in [4.69, 9.17) is 0 Å². The molecule has 0 saturated heterocycles. The van der Waals surface area contributed by atoms with E-state index in [2.05, 4.69) is 15.6 Å². The lowest BCUT2D eigenvalue weighted by Crippen LogP contribution is -2.50. The second-order valence-electron chi connectivity index (χ2n) is 7.95. The molecule has 0 spiro atoms. The number of rotatable bonds is 6. The monoisotopic (exact) mass is 479 g/mol. The first-order valence-corrected chi connectivity index (χ1v) is 10.7. The van der Waals surface area contributed by atoms with Gasteiger partial charge < -0.3 is 10.6 Å². The molecule has 0 radical (unpaired) electrons. The summed E-state index contributed by atoms with van der Waals surface area (Å²) >= 11 is 0. The van der Waals surface area contributed by atoms with E-state index >= 15 is 0 Å². The zero-order valence-corrected chi connectivity index (χ0v) is 18.4. The molecule has 0 fully saturated rings. The van der Waals surface area contributed by atoms with E-state index in [0.717, 1.165) is 23.8 Å². The molecule has 1 unspecified atom stereocenters. The van der Waals surface area contributed by atoms with Crippen molar-refractivity contribution in [3.8, 4) is 0 Å². The van der Waals surface area contributed by atoms with E-state index in [1.54, 1.807) is 30.3 Å². The van der Waals surface area contributed by atoms with Crippen LogP contribution in [0.5, 0.6) is 0 Å². The third-order valence-corrected chi connectivity index (χ3v) is 5.51. The van der Waals surface area contributed by atoms with Crippen LogP contribution in [-0.4, -0.2) is 11.0 Å². The number of alkyl halides is 3. The van der Waals surface area contributed by atoms with Crippen LogP contribution in [0.2, 0.25) is 0 Å². The summed E-state index contributed by atoms with van der Waals surface area (Å²) in [5, 5.41) is 5.42. The van der Waals surface area contributed by atoms with Crippen LogP contribution in [0.15, 0.2) is 103 Å². The van der Waals surface area contributed by atoms with Gasteiger partial charge in [-0.25, -0.2) is 9.18 Å². The molecule has 0 saturated carbocycles. The minimum atomic E-state index is -4.58. The Balaban J connectivity index is 1.85. The molecule has 0 aliphatic heterocycles. The van der Waals surface area contributed by atoms with Gasteiger partial charge in [-0.05, 0) is 53.6 Å². The predicted octanol–water partition coefficient (Wildman–Crippen LogP) is 6.55. The maximum absolute atomic E-state index is 13.6. The van der Waals surface area contributed by atoms with Crippen molar-refractivity contribution in [1.29, 1.82) is 0 Å². The summed E-state index contributed by atoms with van der Waals surface area (Å²) in [7, 11) is 0. The fraction of sp³-hybridized carbons (Fsp3) is 0.111. The number of urea groups is 1. The molecule has 2 N–H and O–H groups in total. The zero-order chi connectivity index (χ0) is 24.9. The number of pyridine rings is 1. The molecular weight excluding hydrogens is 458 g/mol. The Labute approximate surface area is 199 Å². The average Bonchev–Trinajstić information content (AvgIpc) is 2.84. The fourth-order valence-electron chi connectivity index (χ4n) is 3.92. The Morgan fingerprint density at radius 3 is 2.20 bits per heavy atom. The minimum absolute atomic E-state index is 0.114. The first-order valence-electron chi connectivity index (χ1n) is 10.7. The van der Waals surface area contributed by atoms with Crippen LogP contribution in [0.4, 0.5) is 28.0 Å². The number of carbonyl (C=O) groups excluding carboxylic acids is 1. The summed E-state index contributed by atoms with van der Waals surface area (Å²) < 4.78 is 54.5. The molecule has 0 bridgehead atoms. The summed E-state index contributed by atoms with van der Waals surface area (Å²) in [6.07, 6.45) is -2.96. The summed E-state index contributed by atoms with van der Waals surface area (Å²) in [5.74, 6) is -0.541. The summed E-state index contributed by atoms with van der Waals surface area (Å²) in [6, 6.07) is 23.5. The molecule has 2 amide bonds. The number of benzene rings is 3. The van der Waals surface area contributed by atoms with Crippen molar-refractivity contribution in [2.45, 2.75) is 18.1 Å². The van der Waals surface area contributed by atoms with Crippen LogP contribution in [0.25, 0.3) is 0 Å². The number of hydrogen-bond donors (Lipinski definition) is 2. The highest BCUT2D eigenvalue weighted by Crippen LogP contribution is 2.37.